The highest BCUT2D eigenvalue weighted by Gasteiger charge is 2.15. The van der Waals surface area contributed by atoms with Crippen LogP contribution in [-0.2, 0) is 11.2 Å². The van der Waals surface area contributed by atoms with Gasteiger partial charge in [0, 0.05) is 0 Å². The number of ether oxygens (including phenoxy) is 1. The van der Waals surface area contributed by atoms with E-state index in [0.29, 0.717) is 6.42 Å². The van der Waals surface area contributed by atoms with E-state index in [4.69, 9.17) is 15.6 Å². The zero-order valence-electron chi connectivity index (χ0n) is 9.16. The molecule has 0 saturated heterocycles. The first-order valence-electron chi connectivity index (χ1n) is 4.77. The molecule has 4 nitrogen and oxygen atoms in total. The molecule has 0 heterocycles. The summed E-state index contributed by atoms with van der Waals surface area (Å²) in [5, 5.41) is 8.74. The molecule has 16 heavy (non-hydrogen) atoms. The van der Waals surface area contributed by atoms with Crippen LogP contribution in [0.5, 0.6) is 5.75 Å². The van der Waals surface area contributed by atoms with Crippen molar-refractivity contribution in [2.45, 2.75) is 19.4 Å². The maximum Gasteiger partial charge on any atom is 0.320 e. The molecule has 0 saturated carbocycles. The number of carboxylic acid groups (broad SMARTS) is 1. The third-order valence-electron chi connectivity index (χ3n) is 2.37. The van der Waals surface area contributed by atoms with Crippen molar-refractivity contribution in [3.8, 4) is 5.75 Å². The molecule has 1 aromatic rings. The number of aliphatic carboxylic acids is 1. The van der Waals surface area contributed by atoms with E-state index < -0.39 is 12.0 Å². The maximum atomic E-state index is 10.7. The molecule has 88 valence electrons. The fraction of sp³-hybridized carbons (Fsp3) is 0.364. The molecule has 5 heteroatoms. The van der Waals surface area contributed by atoms with E-state index in [2.05, 4.69) is 15.9 Å². The summed E-state index contributed by atoms with van der Waals surface area (Å²) >= 11 is 3.36. The second-order valence-corrected chi connectivity index (χ2v) is 4.42. The molecule has 0 spiro atoms. The van der Waals surface area contributed by atoms with E-state index in [0.717, 1.165) is 21.3 Å². The minimum Gasteiger partial charge on any atom is -0.496 e. The number of hydrogen-bond acceptors (Lipinski definition) is 3. The van der Waals surface area contributed by atoms with E-state index in [-0.39, 0.29) is 0 Å². The Balaban J connectivity index is 2.98. The number of rotatable bonds is 4. The average Bonchev–Trinajstić information content (AvgIpc) is 2.22. The van der Waals surface area contributed by atoms with Crippen molar-refractivity contribution < 1.29 is 14.6 Å². The standard InChI is InChI=1S/C11H14BrNO3/c1-6-3-10(16-2)8(12)4-7(6)5-9(13)11(14)15/h3-4,9H,5,13H2,1-2H3,(H,14,15). The van der Waals surface area contributed by atoms with Crippen LogP contribution in [0.2, 0.25) is 0 Å². The van der Waals surface area contributed by atoms with Crippen molar-refractivity contribution in [3.63, 3.8) is 0 Å². The molecule has 0 amide bonds. The summed E-state index contributed by atoms with van der Waals surface area (Å²) in [5.41, 5.74) is 7.37. The number of methoxy groups -OCH3 is 1. The molecule has 0 radical (unpaired) electrons. The van der Waals surface area contributed by atoms with Gasteiger partial charge < -0.3 is 15.6 Å². The summed E-state index contributed by atoms with van der Waals surface area (Å²) in [6, 6.07) is 2.82. The van der Waals surface area contributed by atoms with Gasteiger partial charge in [-0.1, -0.05) is 0 Å². The minimum atomic E-state index is -0.994. The van der Waals surface area contributed by atoms with Gasteiger partial charge in [-0.2, -0.15) is 0 Å². The highest BCUT2D eigenvalue weighted by molar-refractivity contribution is 9.10. The number of nitrogens with two attached hydrogens (primary N) is 1. The number of halogens is 1. The SMILES string of the molecule is COc1cc(C)c(CC(N)C(=O)O)cc1Br. The second kappa shape index (κ2) is 5.32. The smallest absolute Gasteiger partial charge is 0.320 e. The van der Waals surface area contributed by atoms with Gasteiger partial charge in [-0.3, -0.25) is 4.79 Å². The molecular formula is C11H14BrNO3. The van der Waals surface area contributed by atoms with Crippen molar-refractivity contribution in [1.29, 1.82) is 0 Å². The quantitative estimate of drug-likeness (QED) is 0.885. The summed E-state index contributed by atoms with van der Waals surface area (Å²) in [7, 11) is 1.59. The lowest BCUT2D eigenvalue weighted by atomic mass is 10.0. The largest absolute Gasteiger partial charge is 0.496 e. The maximum absolute atomic E-state index is 10.7. The molecule has 1 rings (SSSR count). The monoisotopic (exact) mass is 287 g/mol. The predicted molar refractivity (Wildman–Crippen MR) is 64.7 cm³/mol. The third kappa shape index (κ3) is 2.96. The number of carboxylic acids is 1. The molecule has 0 aliphatic heterocycles. The van der Waals surface area contributed by atoms with Crippen LogP contribution in [0, 0.1) is 6.92 Å². The van der Waals surface area contributed by atoms with Gasteiger partial charge in [0.25, 0.3) is 0 Å². The van der Waals surface area contributed by atoms with Gasteiger partial charge in [0.1, 0.15) is 11.8 Å². The predicted octanol–water partition coefficient (Wildman–Crippen LogP) is 1.72. The van der Waals surface area contributed by atoms with Crippen LogP contribution < -0.4 is 10.5 Å². The summed E-state index contributed by atoms with van der Waals surface area (Å²) in [6.45, 7) is 1.90. The Hall–Kier alpha value is -1.07. The Kier molecular flexibility index (Phi) is 4.32. The number of hydrogen-bond donors (Lipinski definition) is 2. The van der Waals surface area contributed by atoms with Crippen LogP contribution in [0.15, 0.2) is 16.6 Å². The minimum absolute atomic E-state index is 0.309. The molecule has 1 atom stereocenters. The van der Waals surface area contributed by atoms with Crippen molar-refractivity contribution >= 4 is 21.9 Å². The molecule has 1 unspecified atom stereocenters. The van der Waals surface area contributed by atoms with E-state index in [1.165, 1.54) is 0 Å². The van der Waals surface area contributed by atoms with Crippen molar-refractivity contribution in [3.05, 3.63) is 27.7 Å². The summed E-state index contributed by atoms with van der Waals surface area (Å²) in [4.78, 5) is 10.7. The van der Waals surface area contributed by atoms with Crippen molar-refractivity contribution in [1.82, 2.24) is 0 Å². The zero-order chi connectivity index (χ0) is 12.3. The van der Waals surface area contributed by atoms with Crippen molar-refractivity contribution in [2.24, 2.45) is 5.73 Å². The van der Waals surface area contributed by atoms with Crippen molar-refractivity contribution in [2.75, 3.05) is 7.11 Å². The van der Waals surface area contributed by atoms with Crippen LogP contribution in [-0.4, -0.2) is 24.2 Å². The average molecular weight is 288 g/mol. The van der Waals surface area contributed by atoms with E-state index in [9.17, 15) is 4.79 Å². The molecule has 0 fully saturated rings. The fourth-order valence-corrected chi connectivity index (χ4v) is 1.95. The number of carbonyl (C=O) groups is 1. The Morgan fingerprint density at radius 2 is 2.25 bits per heavy atom. The lowest BCUT2D eigenvalue weighted by molar-refractivity contribution is -0.138. The molecule has 0 aliphatic rings. The summed E-state index contributed by atoms with van der Waals surface area (Å²) in [5.74, 6) is -0.267. The first-order valence-corrected chi connectivity index (χ1v) is 5.56. The molecule has 0 aromatic heterocycles. The van der Waals surface area contributed by atoms with Crippen LogP contribution in [0.1, 0.15) is 11.1 Å². The van der Waals surface area contributed by atoms with Crippen LogP contribution in [0.25, 0.3) is 0 Å². The molecule has 0 bridgehead atoms. The van der Waals surface area contributed by atoms with E-state index in [1.807, 2.05) is 19.1 Å². The topological polar surface area (TPSA) is 72.5 Å². The number of aryl methyl sites for hydroxylation is 1. The highest BCUT2D eigenvalue weighted by Crippen LogP contribution is 2.28. The fourth-order valence-electron chi connectivity index (χ4n) is 1.40. The molecular weight excluding hydrogens is 274 g/mol. The normalized spacial score (nSPS) is 12.2. The molecule has 0 aliphatic carbocycles. The van der Waals surface area contributed by atoms with Crippen LogP contribution >= 0.6 is 15.9 Å². The Morgan fingerprint density at radius 1 is 1.62 bits per heavy atom. The Labute approximate surface area is 103 Å². The molecule has 1 aromatic carbocycles. The Morgan fingerprint density at radius 3 is 2.75 bits per heavy atom. The van der Waals surface area contributed by atoms with E-state index >= 15 is 0 Å². The van der Waals surface area contributed by atoms with Gasteiger partial charge in [0.15, 0.2) is 0 Å². The summed E-state index contributed by atoms with van der Waals surface area (Å²) < 4.78 is 5.94. The third-order valence-corrected chi connectivity index (χ3v) is 2.99. The first kappa shape index (κ1) is 13.0. The van der Waals surface area contributed by atoms with Gasteiger partial charge in [-0.05, 0) is 52.5 Å². The summed E-state index contributed by atoms with van der Waals surface area (Å²) in [6.07, 6.45) is 0.309. The van der Waals surface area contributed by atoms with Gasteiger partial charge in [0.05, 0.1) is 11.6 Å². The second-order valence-electron chi connectivity index (χ2n) is 3.56. The van der Waals surface area contributed by atoms with Gasteiger partial charge in [0.2, 0.25) is 0 Å². The van der Waals surface area contributed by atoms with E-state index in [1.54, 1.807) is 7.11 Å². The highest BCUT2D eigenvalue weighted by atomic mass is 79.9. The lowest BCUT2D eigenvalue weighted by Gasteiger charge is -2.12. The number of benzene rings is 1. The van der Waals surface area contributed by atoms with Gasteiger partial charge in [-0.25, -0.2) is 0 Å². The van der Waals surface area contributed by atoms with Crippen LogP contribution in [0.3, 0.4) is 0 Å². The van der Waals surface area contributed by atoms with Gasteiger partial charge >= 0.3 is 5.97 Å². The Bertz CT molecular complexity index is 406. The lowest BCUT2D eigenvalue weighted by Crippen LogP contribution is -2.32. The molecule has 3 N–H and O–H groups in total. The van der Waals surface area contributed by atoms with Crippen LogP contribution in [0.4, 0.5) is 0 Å². The zero-order valence-corrected chi connectivity index (χ0v) is 10.7. The van der Waals surface area contributed by atoms with Gasteiger partial charge in [-0.15, -0.1) is 0 Å². The first-order chi connectivity index (χ1) is 7.45.